The van der Waals surface area contributed by atoms with Crippen LogP contribution in [0, 0.1) is 0 Å². The maximum Gasteiger partial charge on any atom is 0.262 e. The van der Waals surface area contributed by atoms with Crippen molar-refractivity contribution in [3.05, 3.63) is 46.2 Å². The maximum absolute atomic E-state index is 12.4. The Morgan fingerprint density at radius 1 is 1.43 bits per heavy atom. The van der Waals surface area contributed by atoms with Gasteiger partial charge in [0.05, 0.1) is 5.69 Å². The molecule has 1 aliphatic rings. The van der Waals surface area contributed by atoms with Crippen molar-refractivity contribution in [1.82, 2.24) is 4.90 Å². The summed E-state index contributed by atoms with van der Waals surface area (Å²) in [4.78, 5) is 25.3. The number of benzene rings is 1. The molecule has 0 radical (unpaired) electrons. The molecule has 1 aliphatic heterocycles. The van der Waals surface area contributed by atoms with Gasteiger partial charge in [-0.25, -0.2) is 0 Å². The molecule has 0 fully saturated rings. The third kappa shape index (κ3) is 2.90. The first-order valence-electron chi connectivity index (χ1n) is 6.47. The van der Waals surface area contributed by atoms with E-state index in [4.69, 9.17) is 4.74 Å². The Balaban J connectivity index is 1.77. The highest BCUT2D eigenvalue weighted by molar-refractivity contribution is 7.07. The summed E-state index contributed by atoms with van der Waals surface area (Å²) >= 11 is 1.61. The Kier molecular flexibility index (Phi) is 3.62. The molecule has 108 valence electrons. The van der Waals surface area contributed by atoms with Crippen molar-refractivity contribution in [2.75, 3.05) is 19.0 Å². The molecule has 2 amide bonds. The molecule has 0 saturated heterocycles. The van der Waals surface area contributed by atoms with Gasteiger partial charge in [-0.3, -0.25) is 9.59 Å². The molecule has 21 heavy (non-hydrogen) atoms. The molecule has 0 saturated carbocycles. The monoisotopic (exact) mass is 302 g/mol. The van der Waals surface area contributed by atoms with E-state index in [1.807, 2.05) is 16.8 Å². The molecule has 2 heterocycles. The number of rotatable bonds is 3. The predicted octanol–water partition coefficient (Wildman–Crippen LogP) is 2.35. The number of thiophene rings is 1. The quantitative estimate of drug-likeness (QED) is 0.947. The van der Waals surface area contributed by atoms with E-state index < -0.39 is 0 Å². The number of hydrogen-bond acceptors (Lipinski definition) is 4. The number of nitrogens with zero attached hydrogens (tertiary/aromatic N) is 1. The second kappa shape index (κ2) is 5.57. The summed E-state index contributed by atoms with van der Waals surface area (Å²) in [5.41, 5.74) is 2.25. The molecule has 5 nitrogen and oxygen atoms in total. The van der Waals surface area contributed by atoms with Gasteiger partial charge in [0.15, 0.2) is 6.61 Å². The van der Waals surface area contributed by atoms with Crippen LogP contribution in [-0.4, -0.2) is 30.4 Å². The zero-order valence-corrected chi connectivity index (χ0v) is 12.3. The molecular formula is C15H14N2O3S. The summed E-state index contributed by atoms with van der Waals surface area (Å²) in [5.74, 6) is 0.269. The van der Waals surface area contributed by atoms with Crippen molar-refractivity contribution in [3.8, 4) is 5.75 Å². The summed E-state index contributed by atoms with van der Waals surface area (Å²) in [5, 5.41) is 6.72. The molecule has 0 spiro atoms. The minimum Gasteiger partial charge on any atom is -0.482 e. The molecule has 1 aromatic carbocycles. The fourth-order valence-corrected chi connectivity index (χ4v) is 2.82. The first kappa shape index (κ1) is 13.6. The van der Waals surface area contributed by atoms with Crippen molar-refractivity contribution in [2.45, 2.75) is 6.54 Å². The lowest BCUT2D eigenvalue weighted by molar-refractivity contribution is -0.118. The highest BCUT2D eigenvalue weighted by atomic mass is 32.1. The number of carbonyl (C=O) groups is 2. The Hall–Kier alpha value is -2.34. The minimum atomic E-state index is -0.184. The Morgan fingerprint density at radius 3 is 3.05 bits per heavy atom. The topological polar surface area (TPSA) is 58.6 Å². The number of carbonyl (C=O) groups excluding carboxylic acids is 2. The SMILES string of the molecule is CN(Cc1ccsc1)C(=O)c1ccc2c(c1)OCC(=O)N2. The molecule has 1 aromatic heterocycles. The van der Waals surface area contributed by atoms with E-state index in [1.165, 1.54) is 0 Å². The van der Waals surface area contributed by atoms with Gasteiger partial charge < -0.3 is 15.0 Å². The van der Waals surface area contributed by atoms with Crippen LogP contribution in [0.5, 0.6) is 5.75 Å². The van der Waals surface area contributed by atoms with Crippen molar-refractivity contribution < 1.29 is 14.3 Å². The van der Waals surface area contributed by atoms with E-state index in [9.17, 15) is 9.59 Å². The number of fused-ring (bicyclic) bond motifs is 1. The van der Waals surface area contributed by atoms with Crippen LogP contribution in [-0.2, 0) is 11.3 Å². The van der Waals surface area contributed by atoms with Crippen molar-refractivity contribution in [3.63, 3.8) is 0 Å². The van der Waals surface area contributed by atoms with Gasteiger partial charge in [0.2, 0.25) is 0 Å². The molecule has 1 N–H and O–H groups in total. The van der Waals surface area contributed by atoms with E-state index >= 15 is 0 Å². The van der Waals surface area contributed by atoms with E-state index in [0.717, 1.165) is 5.56 Å². The second-order valence-electron chi connectivity index (χ2n) is 4.84. The van der Waals surface area contributed by atoms with Crippen LogP contribution in [0.2, 0.25) is 0 Å². The fraction of sp³-hybridized carbons (Fsp3) is 0.200. The van der Waals surface area contributed by atoms with E-state index in [1.54, 1.807) is 41.5 Å². The molecule has 0 unspecified atom stereocenters. The maximum atomic E-state index is 12.4. The van der Waals surface area contributed by atoms with Crippen molar-refractivity contribution in [1.29, 1.82) is 0 Å². The molecule has 3 rings (SSSR count). The number of hydrogen-bond donors (Lipinski definition) is 1. The van der Waals surface area contributed by atoms with E-state index in [-0.39, 0.29) is 18.4 Å². The Bertz CT molecular complexity index is 682. The first-order chi connectivity index (χ1) is 10.1. The third-order valence-corrected chi connectivity index (χ3v) is 3.94. The fourth-order valence-electron chi connectivity index (χ4n) is 2.16. The Morgan fingerprint density at radius 2 is 2.29 bits per heavy atom. The van der Waals surface area contributed by atoms with Crippen molar-refractivity contribution in [2.24, 2.45) is 0 Å². The number of amides is 2. The van der Waals surface area contributed by atoms with Crippen LogP contribution in [0.3, 0.4) is 0 Å². The average Bonchev–Trinajstić information content (AvgIpc) is 2.98. The van der Waals surface area contributed by atoms with Crippen LogP contribution in [0.25, 0.3) is 0 Å². The molecule has 0 bridgehead atoms. The van der Waals surface area contributed by atoms with Gasteiger partial charge in [-0.05, 0) is 40.6 Å². The van der Waals surface area contributed by atoms with Gasteiger partial charge in [-0.15, -0.1) is 0 Å². The first-order valence-corrected chi connectivity index (χ1v) is 7.41. The molecule has 6 heteroatoms. The zero-order chi connectivity index (χ0) is 14.8. The molecular weight excluding hydrogens is 288 g/mol. The lowest BCUT2D eigenvalue weighted by atomic mass is 10.1. The second-order valence-corrected chi connectivity index (χ2v) is 5.62. The van der Waals surface area contributed by atoms with Gasteiger partial charge in [0.25, 0.3) is 11.8 Å². The largest absolute Gasteiger partial charge is 0.482 e. The van der Waals surface area contributed by atoms with Crippen LogP contribution < -0.4 is 10.1 Å². The van der Waals surface area contributed by atoms with Gasteiger partial charge in [0, 0.05) is 19.2 Å². The average molecular weight is 302 g/mol. The summed E-state index contributed by atoms with van der Waals surface area (Å²) in [6.45, 7) is 0.548. The normalized spacial score (nSPS) is 13.1. The number of anilines is 1. The third-order valence-electron chi connectivity index (χ3n) is 3.21. The highest BCUT2D eigenvalue weighted by Crippen LogP contribution is 2.29. The summed E-state index contributed by atoms with van der Waals surface area (Å²) in [6.07, 6.45) is 0. The van der Waals surface area contributed by atoms with E-state index in [0.29, 0.717) is 23.5 Å². The van der Waals surface area contributed by atoms with Crippen LogP contribution >= 0.6 is 11.3 Å². The molecule has 0 aliphatic carbocycles. The standard InChI is InChI=1S/C15H14N2O3S/c1-17(7-10-4-5-21-9-10)15(19)11-2-3-12-13(6-11)20-8-14(18)16-12/h2-6,9H,7-8H2,1H3,(H,16,18). The van der Waals surface area contributed by atoms with Crippen LogP contribution in [0.1, 0.15) is 15.9 Å². The van der Waals surface area contributed by atoms with E-state index in [2.05, 4.69) is 5.32 Å². The van der Waals surface area contributed by atoms with Crippen LogP contribution in [0.15, 0.2) is 35.0 Å². The molecule has 0 atom stereocenters. The van der Waals surface area contributed by atoms with Crippen LogP contribution in [0.4, 0.5) is 5.69 Å². The number of ether oxygens (including phenoxy) is 1. The lowest BCUT2D eigenvalue weighted by Crippen LogP contribution is -2.28. The molecule has 2 aromatic rings. The van der Waals surface area contributed by atoms with Crippen molar-refractivity contribution >= 4 is 28.8 Å². The predicted molar refractivity (Wildman–Crippen MR) is 80.7 cm³/mol. The summed E-state index contributed by atoms with van der Waals surface area (Å²) in [6, 6.07) is 7.06. The van der Waals surface area contributed by atoms with Gasteiger partial charge >= 0.3 is 0 Å². The summed E-state index contributed by atoms with van der Waals surface area (Å²) < 4.78 is 5.33. The van der Waals surface area contributed by atoms with Gasteiger partial charge in [-0.2, -0.15) is 11.3 Å². The Labute approximate surface area is 126 Å². The minimum absolute atomic E-state index is 0.0185. The lowest BCUT2D eigenvalue weighted by Gasteiger charge is -2.20. The summed E-state index contributed by atoms with van der Waals surface area (Å²) in [7, 11) is 1.77. The van der Waals surface area contributed by atoms with Gasteiger partial charge in [0.1, 0.15) is 5.75 Å². The highest BCUT2D eigenvalue weighted by Gasteiger charge is 2.19. The number of nitrogens with one attached hydrogen (secondary N) is 1. The van der Waals surface area contributed by atoms with Gasteiger partial charge in [-0.1, -0.05) is 0 Å². The smallest absolute Gasteiger partial charge is 0.262 e. The zero-order valence-electron chi connectivity index (χ0n) is 11.5.